The number of sulfone groups is 1. The number of fused-ring (bicyclic) bond motifs is 1. The van der Waals surface area contributed by atoms with Gasteiger partial charge in [-0.2, -0.15) is 13.2 Å². The van der Waals surface area contributed by atoms with Crippen molar-refractivity contribution in [3.63, 3.8) is 0 Å². The van der Waals surface area contributed by atoms with Crippen molar-refractivity contribution in [2.45, 2.75) is 63.3 Å². The molecule has 12 heteroatoms. The molecule has 1 aliphatic heterocycles. The van der Waals surface area contributed by atoms with E-state index in [1.54, 1.807) is 6.92 Å². The van der Waals surface area contributed by atoms with Gasteiger partial charge in [0.2, 0.25) is 0 Å². The third-order valence-corrected chi connectivity index (χ3v) is 9.43. The summed E-state index contributed by atoms with van der Waals surface area (Å²) in [6.45, 7) is 4.48. The van der Waals surface area contributed by atoms with E-state index in [9.17, 15) is 26.4 Å². The molecule has 212 valence electrons. The average molecular weight is 585 g/mol. The van der Waals surface area contributed by atoms with Gasteiger partial charge in [-0.1, -0.05) is 25.4 Å². The molecule has 3 aromatic rings. The molecule has 1 aliphatic rings. The number of alkyl halides is 3. The first-order valence-corrected chi connectivity index (χ1v) is 14.9. The molecule has 7 nitrogen and oxygen atoms in total. The molecule has 2 heterocycles. The Hall–Kier alpha value is -2.47. The van der Waals surface area contributed by atoms with Crippen LogP contribution in [0.1, 0.15) is 48.9 Å². The van der Waals surface area contributed by atoms with E-state index in [4.69, 9.17) is 11.6 Å². The smallest absolute Gasteiger partial charge is 0.316 e. The number of hydrogen-bond acceptors (Lipinski definition) is 6. The maximum Gasteiger partial charge on any atom is 0.416 e. The summed E-state index contributed by atoms with van der Waals surface area (Å²) in [5.41, 5.74) is -0.485. The van der Waals surface area contributed by atoms with E-state index in [1.807, 2.05) is 11.9 Å². The minimum Gasteiger partial charge on any atom is -0.316 e. The predicted octanol–water partition coefficient (Wildman–Crippen LogP) is 4.66. The fourth-order valence-electron chi connectivity index (χ4n) is 5.31. The Labute approximate surface area is 230 Å². The monoisotopic (exact) mass is 584 g/mol. The molecule has 0 radical (unpaired) electrons. The van der Waals surface area contributed by atoms with E-state index < -0.39 is 27.1 Å². The largest absolute Gasteiger partial charge is 0.416 e. The van der Waals surface area contributed by atoms with Gasteiger partial charge in [0, 0.05) is 24.2 Å². The maximum atomic E-state index is 14.4. The molecule has 0 amide bonds. The van der Waals surface area contributed by atoms with Gasteiger partial charge in [-0.15, -0.1) is 0 Å². The van der Waals surface area contributed by atoms with Crippen LogP contribution < -0.4 is 10.9 Å². The van der Waals surface area contributed by atoms with E-state index in [-0.39, 0.29) is 63.3 Å². The highest BCUT2D eigenvalue weighted by molar-refractivity contribution is 7.91. The van der Waals surface area contributed by atoms with Crippen molar-refractivity contribution >= 4 is 32.3 Å². The first-order valence-electron chi connectivity index (χ1n) is 12.9. The summed E-state index contributed by atoms with van der Waals surface area (Å²) in [6, 6.07) is 5.37. The maximum absolute atomic E-state index is 14.4. The molecule has 1 N–H and O–H groups in total. The van der Waals surface area contributed by atoms with Gasteiger partial charge in [0.15, 0.2) is 9.84 Å². The van der Waals surface area contributed by atoms with Crippen LogP contribution in [0.2, 0.25) is 5.02 Å². The van der Waals surface area contributed by atoms with Crippen molar-refractivity contribution in [2.75, 3.05) is 25.9 Å². The average Bonchev–Trinajstić information content (AvgIpc) is 2.89. The molecule has 0 saturated carbocycles. The second-order valence-electron chi connectivity index (χ2n) is 9.82. The van der Waals surface area contributed by atoms with E-state index in [0.717, 1.165) is 23.5 Å². The van der Waals surface area contributed by atoms with Gasteiger partial charge in [-0.05, 0) is 73.8 Å². The summed E-state index contributed by atoms with van der Waals surface area (Å²) < 4.78 is 69.6. The Morgan fingerprint density at radius 1 is 1.15 bits per heavy atom. The summed E-state index contributed by atoms with van der Waals surface area (Å²) in [5, 5.41) is 3.33. The van der Waals surface area contributed by atoms with Gasteiger partial charge in [0.25, 0.3) is 5.56 Å². The number of halogens is 4. The molecular weight excluding hydrogens is 553 g/mol. The molecule has 39 heavy (non-hydrogen) atoms. The van der Waals surface area contributed by atoms with Gasteiger partial charge >= 0.3 is 6.18 Å². The number of hydrogen-bond donors (Lipinski definition) is 1. The Morgan fingerprint density at radius 2 is 1.90 bits per heavy atom. The number of aryl methyl sites for hydroxylation is 1. The first kappa shape index (κ1) is 29.5. The summed E-state index contributed by atoms with van der Waals surface area (Å²) in [4.78, 5) is 20.0. The standard InChI is InChI=1S/C27H32ClF3N4O3S/c1-4-20-22(15-34-10-6-7-19(14-34)32-3)23(27(29,30)31)12-21-25(20)33-16-35(26(21)36)13-17-11-18(28)8-9-24(17)39(37,38)5-2/h8-9,11-12,16,19,32H,4-7,10,13-15H2,1-3H3/t19-/m0/s1. The molecule has 1 fully saturated rings. The molecule has 1 aromatic heterocycles. The van der Waals surface area contributed by atoms with Crippen molar-refractivity contribution < 1.29 is 21.6 Å². The molecule has 0 unspecified atom stereocenters. The van der Waals surface area contributed by atoms with E-state index in [1.165, 1.54) is 31.5 Å². The van der Waals surface area contributed by atoms with Gasteiger partial charge in [0.1, 0.15) is 0 Å². The van der Waals surface area contributed by atoms with Gasteiger partial charge in [-0.25, -0.2) is 13.4 Å². The van der Waals surface area contributed by atoms with Crippen LogP contribution >= 0.6 is 11.6 Å². The van der Waals surface area contributed by atoms with Gasteiger partial charge < -0.3 is 5.32 Å². The number of piperidine rings is 1. The van der Waals surface area contributed by atoms with Crippen LogP contribution in [-0.4, -0.2) is 54.8 Å². The Morgan fingerprint density at radius 3 is 2.54 bits per heavy atom. The number of aromatic nitrogens is 2. The molecule has 0 spiro atoms. The number of likely N-dealkylation sites (tertiary alicyclic amines) is 1. The molecular formula is C27H32ClF3N4O3S. The quantitative estimate of drug-likeness (QED) is 0.415. The van der Waals surface area contributed by atoms with Gasteiger partial charge in [0.05, 0.1) is 40.0 Å². The zero-order valence-electron chi connectivity index (χ0n) is 22.1. The SMILES string of the molecule is CCc1c(CN2CCC[C@H](NC)C2)c(C(F)(F)F)cc2c(=O)n(Cc3cc(Cl)ccc3S(=O)(=O)CC)cnc12. The van der Waals surface area contributed by atoms with E-state index in [2.05, 4.69) is 10.3 Å². The van der Waals surface area contributed by atoms with Crippen molar-refractivity contribution in [1.29, 1.82) is 0 Å². The van der Waals surface area contributed by atoms with Crippen molar-refractivity contribution in [1.82, 2.24) is 19.8 Å². The van der Waals surface area contributed by atoms with E-state index >= 15 is 0 Å². The van der Waals surface area contributed by atoms with Crippen LogP contribution in [0.4, 0.5) is 13.2 Å². The zero-order chi connectivity index (χ0) is 28.5. The minimum absolute atomic E-state index is 0.0170. The number of likely N-dealkylation sites (N-methyl/N-ethyl adjacent to an activating group) is 1. The Kier molecular flexibility index (Phi) is 8.75. The first-order chi connectivity index (χ1) is 18.4. The van der Waals surface area contributed by atoms with Crippen LogP contribution in [-0.2, 0) is 35.5 Å². The minimum atomic E-state index is -4.67. The van der Waals surface area contributed by atoms with Crippen molar-refractivity contribution in [3.05, 3.63) is 68.2 Å². The highest BCUT2D eigenvalue weighted by Gasteiger charge is 2.36. The van der Waals surface area contributed by atoms with Crippen LogP contribution in [0.5, 0.6) is 0 Å². The lowest BCUT2D eigenvalue weighted by molar-refractivity contribution is -0.138. The third kappa shape index (κ3) is 6.16. The normalized spacial score (nSPS) is 17.2. The Balaban J connectivity index is 1.85. The molecule has 1 atom stereocenters. The topological polar surface area (TPSA) is 84.3 Å². The van der Waals surface area contributed by atoms with Crippen LogP contribution in [0.25, 0.3) is 10.9 Å². The highest BCUT2D eigenvalue weighted by Crippen LogP contribution is 2.37. The highest BCUT2D eigenvalue weighted by atomic mass is 35.5. The molecule has 4 rings (SSSR count). The number of benzene rings is 2. The second kappa shape index (κ2) is 11.6. The second-order valence-corrected chi connectivity index (χ2v) is 12.5. The third-order valence-electron chi connectivity index (χ3n) is 7.37. The van der Waals surface area contributed by atoms with Crippen molar-refractivity contribution in [2.24, 2.45) is 0 Å². The van der Waals surface area contributed by atoms with Gasteiger partial charge in [-0.3, -0.25) is 14.3 Å². The van der Waals surface area contributed by atoms with Crippen LogP contribution in [0, 0.1) is 0 Å². The zero-order valence-corrected chi connectivity index (χ0v) is 23.7. The molecule has 0 bridgehead atoms. The summed E-state index contributed by atoms with van der Waals surface area (Å²) in [7, 11) is -1.79. The van der Waals surface area contributed by atoms with Crippen LogP contribution in [0.15, 0.2) is 40.3 Å². The summed E-state index contributed by atoms with van der Waals surface area (Å²) >= 11 is 6.11. The fourth-order valence-corrected chi connectivity index (χ4v) is 6.62. The molecule has 2 aromatic carbocycles. The lowest BCUT2D eigenvalue weighted by atomic mass is 9.94. The van der Waals surface area contributed by atoms with Crippen molar-refractivity contribution in [3.8, 4) is 0 Å². The summed E-state index contributed by atoms with van der Waals surface area (Å²) in [6.07, 6.45) is -1.30. The fraction of sp³-hybridized carbons (Fsp3) is 0.481. The predicted molar refractivity (Wildman–Crippen MR) is 146 cm³/mol. The summed E-state index contributed by atoms with van der Waals surface area (Å²) in [5.74, 6) is -0.157. The van der Waals surface area contributed by atoms with Crippen LogP contribution in [0.3, 0.4) is 0 Å². The molecule has 1 saturated heterocycles. The Bertz CT molecular complexity index is 1540. The number of rotatable bonds is 8. The number of nitrogens with zero attached hydrogens (tertiary/aromatic N) is 3. The molecule has 0 aliphatic carbocycles. The lowest BCUT2D eigenvalue weighted by Gasteiger charge is -2.33. The van der Waals surface area contributed by atoms with E-state index in [0.29, 0.717) is 18.7 Å². The number of nitrogens with one attached hydrogen (secondary N) is 1. The lowest BCUT2D eigenvalue weighted by Crippen LogP contribution is -2.44.